The molecule has 0 saturated carbocycles. The number of rotatable bonds is 0. The number of nitrogens with zero attached hydrogens (tertiary/aromatic N) is 2. The van der Waals surface area contributed by atoms with Crippen molar-refractivity contribution in [2.45, 2.75) is 32.1 Å². The summed E-state index contributed by atoms with van der Waals surface area (Å²) in [5.74, 6) is 0. The molecule has 0 bridgehead atoms. The lowest BCUT2D eigenvalue weighted by Crippen LogP contribution is -2.16. The molecule has 7 rings (SSSR count). The molecule has 0 spiro atoms. The number of aryl methyl sites for hydroxylation is 2. The number of benzene rings is 4. The first-order valence-corrected chi connectivity index (χ1v) is 11.2. The van der Waals surface area contributed by atoms with Gasteiger partial charge < -0.3 is 0 Å². The molecule has 2 nitrogen and oxygen atoms in total. The summed E-state index contributed by atoms with van der Waals surface area (Å²) < 4.78 is 0. The van der Waals surface area contributed by atoms with Gasteiger partial charge in [-0.25, -0.2) is 0 Å². The second kappa shape index (κ2) is 7.63. The Morgan fingerprint density at radius 1 is 0.710 bits per heavy atom. The Morgan fingerprint density at radius 2 is 1.61 bits per heavy atom. The van der Waals surface area contributed by atoms with Gasteiger partial charge in [-0.2, -0.15) is 0 Å². The van der Waals surface area contributed by atoms with E-state index in [4.69, 9.17) is 0 Å². The van der Waals surface area contributed by atoms with E-state index in [9.17, 15) is 0 Å². The van der Waals surface area contributed by atoms with Gasteiger partial charge in [-0.15, -0.1) is 0 Å². The van der Waals surface area contributed by atoms with Crippen LogP contribution in [0, 0.1) is 0 Å². The highest BCUT2D eigenvalue weighted by Gasteiger charge is 2.13. The smallest absolute Gasteiger partial charge is 0.0759 e. The summed E-state index contributed by atoms with van der Waals surface area (Å²) in [6, 6.07) is 22.1. The Balaban J connectivity index is 0.000000126. The molecule has 0 amide bonds. The highest BCUT2D eigenvalue weighted by Crippen LogP contribution is 2.33. The van der Waals surface area contributed by atoms with Crippen molar-refractivity contribution in [2.75, 3.05) is 0 Å². The summed E-state index contributed by atoms with van der Waals surface area (Å²) in [7, 11) is 0. The van der Waals surface area contributed by atoms with E-state index < -0.39 is 0 Å². The number of fused-ring (bicyclic) bond motifs is 8. The standard InChI is InChI=1S/C18H16.C11H8N2/c1-3-7-15-13(5-1)9-11-18-16-8-4-2-6-14(16)10-12-17(15)18;1-2-9-10(12-6-1)4-3-8-5-7-13-11(8)9/h1,3,5,7,9-12H,2,4,6,8H2;1,3-7H,2H2. The zero-order valence-corrected chi connectivity index (χ0v) is 17.5. The average Bonchev–Trinajstić information content (AvgIpc) is 3.34. The highest BCUT2D eigenvalue weighted by atomic mass is 14.8. The van der Waals surface area contributed by atoms with Crippen molar-refractivity contribution >= 4 is 39.5 Å². The second-order valence-corrected chi connectivity index (χ2v) is 8.46. The molecule has 31 heavy (non-hydrogen) atoms. The molecule has 0 N–H and O–H groups in total. The molecule has 0 fully saturated rings. The van der Waals surface area contributed by atoms with Crippen LogP contribution >= 0.6 is 0 Å². The van der Waals surface area contributed by atoms with E-state index in [-0.39, 0.29) is 0 Å². The largest absolute Gasteiger partial charge is 0.257 e. The van der Waals surface area contributed by atoms with Crippen molar-refractivity contribution in [3.05, 3.63) is 100 Å². The monoisotopic (exact) mass is 400 g/mol. The summed E-state index contributed by atoms with van der Waals surface area (Å²) in [5, 5.41) is 7.92. The van der Waals surface area contributed by atoms with Crippen LogP contribution in [0.2, 0.25) is 0 Å². The zero-order valence-electron chi connectivity index (χ0n) is 17.5. The predicted molar refractivity (Wildman–Crippen MR) is 131 cm³/mol. The summed E-state index contributed by atoms with van der Waals surface area (Å²) >= 11 is 0. The minimum atomic E-state index is 0.952. The first-order valence-electron chi connectivity index (χ1n) is 11.2. The van der Waals surface area contributed by atoms with Crippen molar-refractivity contribution in [3.63, 3.8) is 0 Å². The Hall–Kier alpha value is -3.52. The van der Waals surface area contributed by atoms with Gasteiger partial charge in [0.25, 0.3) is 0 Å². The van der Waals surface area contributed by atoms with Crippen molar-refractivity contribution in [3.8, 4) is 0 Å². The molecule has 3 aliphatic rings. The highest BCUT2D eigenvalue weighted by molar-refractivity contribution is 6.08. The van der Waals surface area contributed by atoms with Crippen molar-refractivity contribution in [2.24, 2.45) is 9.98 Å². The predicted octanol–water partition coefficient (Wildman–Crippen LogP) is 5.74. The van der Waals surface area contributed by atoms with Crippen molar-refractivity contribution in [1.82, 2.24) is 0 Å². The SMILES string of the molecule is C1=CN=c2ccc3c(c2C1)N=CC=3.c1ccc2c(c1)ccc1c3c(ccc12)CCCC3. The maximum Gasteiger partial charge on any atom is 0.0759 e. The Kier molecular flexibility index (Phi) is 4.49. The number of allylic oxidation sites excluding steroid dienone is 1. The lowest BCUT2D eigenvalue weighted by Gasteiger charge is -2.18. The van der Waals surface area contributed by atoms with Gasteiger partial charge in [0.2, 0.25) is 0 Å². The Bertz CT molecular complexity index is 1510. The van der Waals surface area contributed by atoms with E-state index in [0.29, 0.717) is 0 Å². The van der Waals surface area contributed by atoms with Crippen LogP contribution in [0.5, 0.6) is 0 Å². The number of hydrogen-bond donors (Lipinski definition) is 0. The van der Waals surface area contributed by atoms with Crippen LogP contribution in [0.4, 0.5) is 5.69 Å². The first kappa shape index (κ1) is 18.3. The molecule has 0 aromatic heterocycles. The third-order valence-corrected chi connectivity index (χ3v) is 6.65. The maximum absolute atomic E-state index is 4.34. The molecule has 2 heterocycles. The molecular formula is C29H24N2. The molecule has 0 radical (unpaired) electrons. The van der Waals surface area contributed by atoms with Crippen LogP contribution in [0.15, 0.2) is 82.9 Å². The van der Waals surface area contributed by atoms with Crippen LogP contribution in [0.25, 0.3) is 27.6 Å². The van der Waals surface area contributed by atoms with Gasteiger partial charge in [0.05, 0.1) is 11.0 Å². The molecule has 4 aromatic carbocycles. The minimum Gasteiger partial charge on any atom is -0.257 e. The van der Waals surface area contributed by atoms with E-state index in [2.05, 4.69) is 76.7 Å². The topological polar surface area (TPSA) is 24.7 Å². The molecule has 0 unspecified atom stereocenters. The van der Waals surface area contributed by atoms with Crippen molar-refractivity contribution in [1.29, 1.82) is 0 Å². The van der Waals surface area contributed by atoms with Crippen LogP contribution < -0.4 is 10.6 Å². The van der Waals surface area contributed by atoms with Crippen LogP contribution in [0.3, 0.4) is 0 Å². The van der Waals surface area contributed by atoms with Crippen LogP contribution in [0.1, 0.15) is 29.5 Å². The summed E-state index contributed by atoms with van der Waals surface area (Å²) in [6.45, 7) is 0. The minimum absolute atomic E-state index is 0.952. The number of aliphatic imine (C=N–C) groups is 1. The van der Waals surface area contributed by atoms with Crippen molar-refractivity contribution < 1.29 is 0 Å². The summed E-state index contributed by atoms with van der Waals surface area (Å²) in [6.07, 6.45) is 14.0. The molecule has 2 aliphatic heterocycles. The van der Waals surface area contributed by atoms with Crippen LogP contribution in [-0.2, 0) is 19.3 Å². The fourth-order valence-electron chi connectivity index (χ4n) is 5.09. The first-order chi connectivity index (χ1) is 15.4. The second-order valence-electron chi connectivity index (χ2n) is 8.46. The molecular weight excluding hydrogens is 376 g/mol. The normalized spacial score (nSPS) is 15.4. The zero-order chi connectivity index (χ0) is 20.6. The Labute approximate surface area is 182 Å². The lowest BCUT2D eigenvalue weighted by molar-refractivity contribution is 0.690. The maximum atomic E-state index is 4.34. The van der Waals surface area contributed by atoms with Gasteiger partial charge in [-0.05, 0) is 76.9 Å². The van der Waals surface area contributed by atoms with E-state index in [1.54, 1.807) is 11.1 Å². The van der Waals surface area contributed by atoms with Crippen LogP contribution in [-0.4, -0.2) is 6.21 Å². The molecule has 0 saturated heterocycles. The van der Waals surface area contributed by atoms with Gasteiger partial charge in [-0.3, -0.25) is 9.98 Å². The summed E-state index contributed by atoms with van der Waals surface area (Å²) in [4.78, 5) is 8.64. The van der Waals surface area contributed by atoms with E-state index in [1.807, 2.05) is 18.5 Å². The molecule has 150 valence electrons. The third-order valence-electron chi connectivity index (χ3n) is 6.65. The van der Waals surface area contributed by atoms with Gasteiger partial charge >= 0.3 is 0 Å². The van der Waals surface area contributed by atoms with Gasteiger partial charge in [0.15, 0.2) is 0 Å². The summed E-state index contributed by atoms with van der Waals surface area (Å²) in [5.41, 5.74) is 5.53. The average molecular weight is 401 g/mol. The fraction of sp³-hybridized carbons (Fsp3) is 0.172. The number of hydrogen-bond acceptors (Lipinski definition) is 2. The van der Waals surface area contributed by atoms with Gasteiger partial charge in [0, 0.05) is 23.2 Å². The third kappa shape index (κ3) is 3.19. The molecule has 0 atom stereocenters. The molecule has 4 aromatic rings. The van der Waals surface area contributed by atoms with Gasteiger partial charge in [0.1, 0.15) is 0 Å². The van der Waals surface area contributed by atoms with Gasteiger partial charge in [-0.1, -0.05) is 60.7 Å². The van der Waals surface area contributed by atoms with E-state index in [0.717, 1.165) is 17.5 Å². The van der Waals surface area contributed by atoms with E-state index in [1.165, 1.54) is 58.0 Å². The Morgan fingerprint density at radius 3 is 2.61 bits per heavy atom. The molecule has 1 aliphatic carbocycles. The lowest BCUT2D eigenvalue weighted by atomic mass is 9.86. The quantitative estimate of drug-likeness (QED) is 0.336. The fourth-order valence-corrected chi connectivity index (χ4v) is 5.09. The van der Waals surface area contributed by atoms with E-state index >= 15 is 0 Å². The molecule has 2 heteroatoms.